The number of likely N-dealkylation sites (tertiary alicyclic amines) is 1. The molecule has 1 aliphatic heterocycles. The predicted octanol–water partition coefficient (Wildman–Crippen LogP) is 6.94. The van der Waals surface area contributed by atoms with Gasteiger partial charge in [0.1, 0.15) is 0 Å². The topological polar surface area (TPSA) is 40.6 Å². The molecule has 216 valence electrons. The van der Waals surface area contributed by atoms with E-state index in [0.717, 1.165) is 10.8 Å². The summed E-state index contributed by atoms with van der Waals surface area (Å²) in [6, 6.07) is 15.2. The van der Waals surface area contributed by atoms with Gasteiger partial charge in [0.05, 0.1) is 0 Å². The molecule has 0 aliphatic carbocycles. The van der Waals surface area contributed by atoms with E-state index in [0.29, 0.717) is 25.3 Å². The zero-order valence-electron chi connectivity index (χ0n) is 22.9. The van der Waals surface area contributed by atoms with Crippen LogP contribution < -0.4 is 0 Å². The molecule has 1 aliphatic rings. The standard InChI is InChI=1S/C30H33F5N2O2S/c1-5-37(40(38,39)30-28(34)26(32)25(31)27(33)29(30)35)16-7-6-15-36-17-24(20(36)4)22-13-11-21(12-14-22)23-10-8-9-18(2)19(23)3/h8-14,20,24H,5-7,15-17H2,1-4H3/t20-,24?/m1/s1. The van der Waals surface area contributed by atoms with Gasteiger partial charge in [-0.15, -0.1) is 0 Å². The Morgan fingerprint density at radius 2 is 1.48 bits per heavy atom. The first kappa shape index (κ1) is 30.1. The molecule has 0 spiro atoms. The Morgan fingerprint density at radius 3 is 2.05 bits per heavy atom. The summed E-state index contributed by atoms with van der Waals surface area (Å²) in [4.78, 5) is 0.464. The number of halogens is 5. The normalized spacial score (nSPS) is 17.9. The van der Waals surface area contributed by atoms with Crippen LogP contribution in [0.3, 0.4) is 0 Å². The van der Waals surface area contributed by atoms with Crippen molar-refractivity contribution >= 4 is 10.0 Å². The van der Waals surface area contributed by atoms with Crippen molar-refractivity contribution in [3.63, 3.8) is 0 Å². The predicted molar refractivity (Wildman–Crippen MR) is 145 cm³/mol. The lowest BCUT2D eigenvalue weighted by Crippen LogP contribution is -2.53. The molecule has 0 bridgehead atoms. The van der Waals surface area contributed by atoms with E-state index in [-0.39, 0.29) is 19.1 Å². The molecule has 0 saturated carbocycles. The van der Waals surface area contributed by atoms with Crippen molar-refractivity contribution in [3.8, 4) is 11.1 Å². The number of rotatable bonds is 10. The summed E-state index contributed by atoms with van der Waals surface area (Å²) >= 11 is 0. The van der Waals surface area contributed by atoms with Crippen LogP contribution in [-0.2, 0) is 10.0 Å². The number of benzene rings is 3. The molecule has 0 aromatic heterocycles. The maximum Gasteiger partial charge on any atom is 0.249 e. The van der Waals surface area contributed by atoms with E-state index in [9.17, 15) is 30.4 Å². The van der Waals surface area contributed by atoms with E-state index >= 15 is 0 Å². The second-order valence-corrected chi connectivity index (χ2v) is 12.2. The average molecular weight is 581 g/mol. The van der Waals surface area contributed by atoms with Gasteiger partial charge >= 0.3 is 0 Å². The average Bonchev–Trinajstić information content (AvgIpc) is 2.93. The van der Waals surface area contributed by atoms with E-state index in [1.54, 1.807) is 0 Å². The zero-order chi connectivity index (χ0) is 29.4. The van der Waals surface area contributed by atoms with Gasteiger partial charge in [0.25, 0.3) is 0 Å². The van der Waals surface area contributed by atoms with Gasteiger partial charge in [-0.25, -0.2) is 30.4 Å². The SMILES string of the molecule is CCN(CCCCN1CC(c2ccc(-c3cccc(C)c3C)cc2)[C@H]1C)S(=O)(=O)c1c(F)c(F)c(F)c(F)c1F. The highest BCUT2D eigenvalue weighted by Crippen LogP contribution is 2.36. The maximum atomic E-state index is 14.2. The molecule has 3 aromatic rings. The van der Waals surface area contributed by atoms with Crippen molar-refractivity contribution in [1.82, 2.24) is 9.21 Å². The maximum absolute atomic E-state index is 14.2. The fourth-order valence-electron chi connectivity index (χ4n) is 5.33. The van der Waals surface area contributed by atoms with Gasteiger partial charge in [0.2, 0.25) is 15.8 Å². The number of hydrogen-bond donors (Lipinski definition) is 0. The molecule has 1 heterocycles. The Bertz CT molecular complexity index is 1470. The third kappa shape index (κ3) is 5.53. The fraction of sp³-hybridized carbons (Fsp3) is 0.400. The number of hydrogen-bond acceptors (Lipinski definition) is 3. The molecule has 0 amide bonds. The quantitative estimate of drug-likeness (QED) is 0.113. The van der Waals surface area contributed by atoms with E-state index in [4.69, 9.17) is 0 Å². The van der Waals surface area contributed by atoms with Gasteiger partial charge in [0, 0.05) is 31.6 Å². The molecule has 4 rings (SSSR count). The van der Waals surface area contributed by atoms with Crippen LogP contribution >= 0.6 is 0 Å². The van der Waals surface area contributed by atoms with Crippen LogP contribution in [0, 0.1) is 42.9 Å². The van der Waals surface area contributed by atoms with Crippen LogP contribution in [0.4, 0.5) is 22.0 Å². The van der Waals surface area contributed by atoms with Gasteiger partial charge < -0.3 is 0 Å². The third-order valence-corrected chi connectivity index (χ3v) is 10.1. The lowest BCUT2D eigenvalue weighted by molar-refractivity contribution is 0.0705. The summed E-state index contributed by atoms with van der Waals surface area (Å²) in [6.07, 6.45) is 0.965. The number of aryl methyl sites for hydroxylation is 1. The summed E-state index contributed by atoms with van der Waals surface area (Å²) < 4.78 is 95.3. The summed E-state index contributed by atoms with van der Waals surface area (Å²) in [7, 11) is -4.93. The van der Waals surface area contributed by atoms with Crippen molar-refractivity contribution in [2.24, 2.45) is 0 Å². The minimum atomic E-state index is -4.93. The van der Waals surface area contributed by atoms with Crippen LogP contribution in [0.25, 0.3) is 11.1 Å². The second kappa shape index (κ2) is 12.0. The molecule has 4 nitrogen and oxygen atoms in total. The summed E-state index contributed by atoms with van der Waals surface area (Å²) in [5.74, 6) is -11.3. The molecular weight excluding hydrogens is 547 g/mol. The van der Waals surface area contributed by atoms with E-state index in [1.165, 1.54) is 34.7 Å². The minimum absolute atomic E-state index is 0.107. The molecule has 10 heteroatoms. The van der Waals surface area contributed by atoms with Gasteiger partial charge in [-0.2, -0.15) is 4.31 Å². The second-order valence-electron chi connectivity index (χ2n) is 10.3. The zero-order valence-corrected chi connectivity index (χ0v) is 23.8. The third-order valence-electron chi connectivity index (χ3n) is 8.07. The molecule has 40 heavy (non-hydrogen) atoms. The largest absolute Gasteiger partial charge is 0.299 e. The highest BCUT2D eigenvalue weighted by atomic mass is 32.2. The van der Waals surface area contributed by atoms with Crippen LogP contribution in [0.1, 0.15) is 49.3 Å². The Labute approximate surface area is 232 Å². The van der Waals surface area contributed by atoms with Crippen LogP contribution in [0.2, 0.25) is 0 Å². The highest BCUT2D eigenvalue weighted by Gasteiger charge is 2.37. The first-order valence-corrected chi connectivity index (χ1v) is 14.8. The first-order valence-electron chi connectivity index (χ1n) is 13.3. The summed E-state index contributed by atoms with van der Waals surface area (Å²) in [6.45, 7) is 9.06. The molecule has 0 radical (unpaired) electrons. The van der Waals surface area contributed by atoms with Crippen LogP contribution in [0.15, 0.2) is 47.4 Å². The molecule has 1 saturated heterocycles. The van der Waals surface area contributed by atoms with Crippen molar-refractivity contribution < 1.29 is 30.4 Å². The summed E-state index contributed by atoms with van der Waals surface area (Å²) in [5, 5.41) is 0. The van der Waals surface area contributed by atoms with Crippen LogP contribution in [0.5, 0.6) is 0 Å². The van der Waals surface area contributed by atoms with Gasteiger partial charge in [-0.1, -0.05) is 49.4 Å². The monoisotopic (exact) mass is 580 g/mol. The van der Waals surface area contributed by atoms with Crippen molar-refractivity contribution in [1.29, 1.82) is 0 Å². The molecule has 3 aromatic carbocycles. The lowest BCUT2D eigenvalue weighted by atomic mass is 9.82. The molecule has 0 N–H and O–H groups in total. The van der Waals surface area contributed by atoms with Crippen molar-refractivity contribution in [3.05, 3.63) is 88.2 Å². The smallest absolute Gasteiger partial charge is 0.249 e. The fourth-order valence-corrected chi connectivity index (χ4v) is 6.93. The summed E-state index contributed by atoms with van der Waals surface area (Å²) in [5.41, 5.74) is 6.17. The Kier molecular flexibility index (Phi) is 9.02. The Morgan fingerprint density at radius 1 is 0.875 bits per heavy atom. The molecule has 1 fully saturated rings. The van der Waals surface area contributed by atoms with Crippen molar-refractivity contribution in [2.45, 2.75) is 57.4 Å². The van der Waals surface area contributed by atoms with Gasteiger partial charge in [-0.3, -0.25) is 4.90 Å². The number of nitrogens with zero attached hydrogens (tertiary/aromatic N) is 2. The van der Waals surface area contributed by atoms with Crippen molar-refractivity contribution in [2.75, 3.05) is 26.2 Å². The minimum Gasteiger partial charge on any atom is -0.299 e. The molecule has 1 unspecified atom stereocenters. The van der Waals surface area contributed by atoms with Gasteiger partial charge in [-0.05, 0) is 68.0 Å². The van der Waals surface area contributed by atoms with Crippen LogP contribution in [-0.4, -0.2) is 49.8 Å². The molecular formula is C30H33F5N2O2S. The lowest BCUT2D eigenvalue weighted by Gasteiger charge is -2.47. The number of unbranched alkanes of at least 4 members (excludes halogenated alkanes) is 1. The van der Waals surface area contributed by atoms with E-state index in [1.807, 2.05) is 0 Å². The number of sulfonamides is 1. The Balaban J connectivity index is 1.32. The Hall–Kier alpha value is -2.82. The van der Waals surface area contributed by atoms with E-state index < -0.39 is 44.0 Å². The first-order chi connectivity index (χ1) is 18.9. The van der Waals surface area contributed by atoms with Gasteiger partial charge in [0.15, 0.2) is 28.2 Å². The highest BCUT2D eigenvalue weighted by molar-refractivity contribution is 7.89. The molecule has 2 atom stereocenters. The van der Waals surface area contributed by atoms with E-state index in [2.05, 4.69) is 68.1 Å².